The van der Waals surface area contributed by atoms with Gasteiger partial charge < -0.3 is 20.6 Å². The van der Waals surface area contributed by atoms with Gasteiger partial charge in [0, 0.05) is 10.6 Å². The molecule has 0 saturated carbocycles. The van der Waals surface area contributed by atoms with E-state index < -0.39 is 18.0 Å². The van der Waals surface area contributed by atoms with Gasteiger partial charge in [0.15, 0.2) is 17.8 Å². The summed E-state index contributed by atoms with van der Waals surface area (Å²) >= 11 is 13.1. The maximum atomic E-state index is 11.7. The second-order valence-corrected chi connectivity index (χ2v) is 7.32. The molecule has 3 aromatic rings. The van der Waals surface area contributed by atoms with Crippen LogP contribution in [0.4, 0.5) is 0 Å². The number of thiophene rings is 1. The minimum atomic E-state index is -1.35. The summed E-state index contributed by atoms with van der Waals surface area (Å²) in [5.41, 5.74) is 6.03. The Balaban J connectivity index is 2.15. The number of carboxylic acid groups (broad SMARTS) is 1. The molecular weight excluding hydrogens is 399 g/mol. The summed E-state index contributed by atoms with van der Waals surface area (Å²) in [5, 5.41) is 19.8. The zero-order valence-electron chi connectivity index (χ0n) is 13.0. The normalized spacial score (nSPS) is 11.9. The molecule has 0 aliphatic rings. The topological polar surface area (TPSA) is 125 Å². The minimum absolute atomic E-state index is 0.0937. The molecule has 0 saturated heterocycles. The molecule has 26 heavy (non-hydrogen) atoms. The number of benzene rings is 1. The third-order valence-corrected chi connectivity index (χ3v) is 4.84. The minimum Gasteiger partial charge on any atom is -0.479 e. The molecule has 1 aromatic carbocycles. The van der Waals surface area contributed by atoms with Gasteiger partial charge >= 0.3 is 5.97 Å². The van der Waals surface area contributed by atoms with E-state index in [1.165, 1.54) is 11.3 Å². The van der Waals surface area contributed by atoms with Gasteiger partial charge in [0.1, 0.15) is 5.69 Å². The lowest BCUT2D eigenvalue weighted by atomic mass is 10.1. The van der Waals surface area contributed by atoms with Gasteiger partial charge in [0.05, 0.1) is 9.21 Å². The number of carboxylic acids is 1. The molecular formula is C16H12Cl2N4O3S. The van der Waals surface area contributed by atoms with E-state index in [2.05, 4.69) is 10.3 Å². The molecule has 0 aliphatic heterocycles. The molecule has 0 bridgehead atoms. The number of nitrogens with one attached hydrogen (secondary N) is 2. The highest BCUT2D eigenvalue weighted by atomic mass is 35.5. The average molecular weight is 411 g/mol. The summed E-state index contributed by atoms with van der Waals surface area (Å²) in [4.78, 5) is 16.6. The standard InChI is InChI=1S/C16H12Cl2N4O3S/c17-8-3-1-7(2-4-8)14-21-11(12(15(23)24)22-16(19)20)13(25-14)9-5-6-10(18)26-9/h1-6,12H,(H,23,24)(H4,19,20,22). The molecule has 1 unspecified atom stereocenters. The van der Waals surface area contributed by atoms with Crippen molar-refractivity contribution < 1.29 is 14.3 Å². The number of oxazole rings is 1. The zero-order chi connectivity index (χ0) is 18.8. The number of aliphatic carboxylic acids is 1. The monoisotopic (exact) mass is 410 g/mol. The number of guanidine groups is 1. The fraction of sp³-hybridized carbons (Fsp3) is 0.0625. The summed E-state index contributed by atoms with van der Waals surface area (Å²) in [5.74, 6) is -1.29. The summed E-state index contributed by atoms with van der Waals surface area (Å²) in [6.45, 7) is 0. The van der Waals surface area contributed by atoms with Gasteiger partial charge in [-0.3, -0.25) is 5.41 Å². The largest absolute Gasteiger partial charge is 0.479 e. The van der Waals surface area contributed by atoms with Crippen molar-refractivity contribution >= 4 is 46.5 Å². The van der Waals surface area contributed by atoms with Crippen molar-refractivity contribution in [2.45, 2.75) is 6.04 Å². The van der Waals surface area contributed by atoms with Crippen LogP contribution in [0.15, 0.2) is 40.8 Å². The summed E-state index contributed by atoms with van der Waals surface area (Å²) < 4.78 is 6.35. The Morgan fingerprint density at radius 3 is 2.50 bits per heavy atom. The molecule has 134 valence electrons. The van der Waals surface area contributed by atoms with Crippen LogP contribution in [0.2, 0.25) is 9.36 Å². The van der Waals surface area contributed by atoms with E-state index in [1.807, 2.05) is 0 Å². The molecule has 3 rings (SSSR count). The van der Waals surface area contributed by atoms with Crippen molar-refractivity contribution in [3.8, 4) is 22.1 Å². The number of rotatable bonds is 5. The molecule has 0 amide bonds. The Morgan fingerprint density at radius 1 is 1.27 bits per heavy atom. The Morgan fingerprint density at radius 2 is 1.96 bits per heavy atom. The highest BCUT2D eigenvalue weighted by Gasteiger charge is 2.30. The average Bonchev–Trinajstić information content (AvgIpc) is 3.19. The van der Waals surface area contributed by atoms with Gasteiger partial charge in [-0.05, 0) is 36.4 Å². The van der Waals surface area contributed by atoms with Crippen molar-refractivity contribution in [2.75, 3.05) is 0 Å². The van der Waals surface area contributed by atoms with Crippen molar-refractivity contribution in [1.29, 1.82) is 5.41 Å². The molecule has 1 atom stereocenters. The van der Waals surface area contributed by atoms with Gasteiger partial charge in [0.2, 0.25) is 5.89 Å². The zero-order valence-corrected chi connectivity index (χ0v) is 15.3. The first-order chi connectivity index (χ1) is 12.3. The predicted octanol–water partition coefficient (Wildman–Crippen LogP) is 3.99. The number of aromatic nitrogens is 1. The Bertz CT molecular complexity index is 968. The smallest absolute Gasteiger partial charge is 0.332 e. The first-order valence-corrected chi connectivity index (χ1v) is 8.78. The second-order valence-electron chi connectivity index (χ2n) is 5.17. The lowest BCUT2D eigenvalue weighted by molar-refractivity contribution is -0.139. The molecule has 7 nitrogen and oxygen atoms in total. The van der Waals surface area contributed by atoms with Gasteiger partial charge in [0.25, 0.3) is 0 Å². The van der Waals surface area contributed by atoms with Crippen LogP contribution in [-0.4, -0.2) is 22.0 Å². The van der Waals surface area contributed by atoms with E-state index in [-0.39, 0.29) is 17.3 Å². The summed E-state index contributed by atoms with van der Waals surface area (Å²) in [6, 6.07) is 8.78. The molecule has 2 heterocycles. The number of hydrogen-bond donors (Lipinski definition) is 4. The SMILES string of the molecule is N=C(N)NC(C(=O)O)c1nc(-c2ccc(Cl)cc2)oc1-c1ccc(Cl)s1. The van der Waals surface area contributed by atoms with Crippen LogP contribution >= 0.6 is 34.5 Å². The van der Waals surface area contributed by atoms with Crippen molar-refractivity contribution in [2.24, 2.45) is 5.73 Å². The number of nitrogens with zero attached hydrogens (tertiary/aromatic N) is 1. The predicted molar refractivity (Wildman–Crippen MR) is 101 cm³/mol. The van der Waals surface area contributed by atoms with Crippen molar-refractivity contribution in [3.05, 3.63) is 51.5 Å². The third-order valence-electron chi connectivity index (χ3n) is 3.36. The van der Waals surface area contributed by atoms with Gasteiger partial charge in [-0.25, -0.2) is 9.78 Å². The molecule has 0 aliphatic carbocycles. The highest BCUT2D eigenvalue weighted by Crippen LogP contribution is 2.38. The first kappa shape index (κ1) is 18.2. The number of carbonyl (C=O) groups is 1. The molecule has 0 spiro atoms. The molecule has 2 aromatic heterocycles. The second kappa shape index (κ2) is 7.36. The maximum Gasteiger partial charge on any atom is 0.332 e. The van der Waals surface area contributed by atoms with Crippen molar-refractivity contribution in [3.63, 3.8) is 0 Å². The molecule has 0 radical (unpaired) electrons. The van der Waals surface area contributed by atoms with Crippen LogP contribution in [-0.2, 0) is 4.79 Å². The quantitative estimate of drug-likeness (QED) is 0.372. The highest BCUT2D eigenvalue weighted by molar-refractivity contribution is 7.19. The van der Waals surface area contributed by atoms with E-state index in [0.29, 0.717) is 19.8 Å². The summed E-state index contributed by atoms with van der Waals surface area (Å²) in [7, 11) is 0. The number of halogens is 2. The Hall–Kier alpha value is -2.55. The lowest BCUT2D eigenvalue weighted by Gasteiger charge is -2.12. The van der Waals surface area contributed by atoms with Crippen LogP contribution in [0.1, 0.15) is 11.7 Å². The van der Waals surface area contributed by atoms with Crippen LogP contribution in [0.25, 0.3) is 22.1 Å². The lowest BCUT2D eigenvalue weighted by Crippen LogP contribution is -2.38. The van der Waals surface area contributed by atoms with Crippen LogP contribution in [0.3, 0.4) is 0 Å². The Kier molecular flexibility index (Phi) is 5.17. The van der Waals surface area contributed by atoms with Crippen LogP contribution < -0.4 is 11.1 Å². The molecule has 0 fully saturated rings. The van der Waals surface area contributed by atoms with Gasteiger partial charge in [-0.1, -0.05) is 23.2 Å². The maximum absolute atomic E-state index is 11.7. The third kappa shape index (κ3) is 3.82. The van der Waals surface area contributed by atoms with Crippen LogP contribution in [0, 0.1) is 5.41 Å². The van der Waals surface area contributed by atoms with E-state index >= 15 is 0 Å². The molecule has 10 heteroatoms. The Labute approximate surface area is 161 Å². The summed E-state index contributed by atoms with van der Waals surface area (Å²) in [6.07, 6.45) is 0. The van der Waals surface area contributed by atoms with Gasteiger partial charge in [-0.15, -0.1) is 11.3 Å². The molecule has 5 N–H and O–H groups in total. The fourth-order valence-electron chi connectivity index (χ4n) is 2.26. The van der Waals surface area contributed by atoms with E-state index in [4.69, 9.17) is 38.8 Å². The van der Waals surface area contributed by atoms with Crippen LogP contribution in [0.5, 0.6) is 0 Å². The van der Waals surface area contributed by atoms with Gasteiger partial charge in [-0.2, -0.15) is 0 Å². The number of nitrogens with two attached hydrogens (primary N) is 1. The van der Waals surface area contributed by atoms with E-state index in [9.17, 15) is 9.90 Å². The number of hydrogen-bond acceptors (Lipinski definition) is 5. The van der Waals surface area contributed by atoms with Crippen molar-refractivity contribution in [1.82, 2.24) is 10.3 Å². The fourth-order valence-corrected chi connectivity index (χ4v) is 3.42. The van der Waals surface area contributed by atoms with E-state index in [1.54, 1.807) is 36.4 Å². The first-order valence-electron chi connectivity index (χ1n) is 7.21. The van der Waals surface area contributed by atoms with E-state index in [0.717, 1.165) is 0 Å².